The molecule has 0 aliphatic rings. The summed E-state index contributed by atoms with van der Waals surface area (Å²) in [5, 5.41) is 0. The third-order valence-corrected chi connectivity index (χ3v) is 2.27. The quantitative estimate of drug-likeness (QED) is 0.601. The molecule has 1 aromatic carbocycles. The Morgan fingerprint density at radius 1 is 1.42 bits per heavy atom. The highest BCUT2D eigenvalue weighted by atomic mass is 79.9. The molecule has 0 aliphatic carbocycles. The summed E-state index contributed by atoms with van der Waals surface area (Å²) in [4.78, 5) is 2.02. The van der Waals surface area contributed by atoms with Crippen LogP contribution in [0.5, 0.6) is 0 Å². The highest BCUT2D eigenvalue weighted by Gasteiger charge is 2.01. The summed E-state index contributed by atoms with van der Waals surface area (Å²) in [5.74, 6) is 5.29. The van der Waals surface area contributed by atoms with E-state index in [0.717, 1.165) is 15.8 Å². The van der Waals surface area contributed by atoms with Crippen LogP contribution in [-0.2, 0) is 0 Å². The van der Waals surface area contributed by atoms with E-state index in [1.807, 2.05) is 37.2 Å². The number of hydrogen-bond donors (Lipinski definition) is 2. The topological polar surface area (TPSA) is 41.3 Å². The van der Waals surface area contributed by atoms with Crippen molar-refractivity contribution < 1.29 is 0 Å². The maximum atomic E-state index is 5.29. The Kier molecular flexibility index (Phi) is 2.94. The lowest BCUT2D eigenvalue weighted by atomic mass is 10.3. The van der Waals surface area contributed by atoms with E-state index < -0.39 is 0 Å². The fraction of sp³-hybridized carbons (Fsp3) is 0.250. The van der Waals surface area contributed by atoms with E-state index in [1.165, 1.54) is 0 Å². The first-order valence-electron chi connectivity index (χ1n) is 3.58. The number of nitrogens with one attached hydrogen (secondary N) is 1. The number of rotatable bonds is 2. The second-order valence-electron chi connectivity index (χ2n) is 2.70. The van der Waals surface area contributed by atoms with Crippen LogP contribution in [-0.4, -0.2) is 14.1 Å². The maximum Gasteiger partial charge on any atom is 0.0526 e. The van der Waals surface area contributed by atoms with Gasteiger partial charge in [0.2, 0.25) is 0 Å². The Hall–Kier alpha value is -0.740. The Bertz CT molecular complexity index is 273. The van der Waals surface area contributed by atoms with Crippen molar-refractivity contribution in [2.24, 2.45) is 5.84 Å². The first-order valence-corrected chi connectivity index (χ1v) is 4.38. The van der Waals surface area contributed by atoms with Gasteiger partial charge in [-0.05, 0) is 34.1 Å². The van der Waals surface area contributed by atoms with E-state index in [-0.39, 0.29) is 0 Å². The molecule has 0 amide bonds. The third kappa shape index (κ3) is 1.89. The van der Waals surface area contributed by atoms with Gasteiger partial charge in [0.05, 0.1) is 11.4 Å². The molecule has 4 heteroatoms. The number of hydrazine groups is 1. The molecule has 12 heavy (non-hydrogen) atoms. The van der Waals surface area contributed by atoms with Gasteiger partial charge in [0.25, 0.3) is 0 Å². The zero-order valence-corrected chi connectivity index (χ0v) is 8.72. The summed E-state index contributed by atoms with van der Waals surface area (Å²) in [7, 11) is 3.97. The first kappa shape index (κ1) is 9.35. The van der Waals surface area contributed by atoms with Crippen LogP contribution in [0, 0.1) is 0 Å². The second-order valence-corrected chi connectivity index (χ2v) is 3.56. The number of nitrogens with two attached hydrogens (primary N) is 1. The molecular formula is C8H12BrN3. The van der Waals surface area contributed by atoms with Crippen molar-refractivity contribution in [3.8, 4) is 0 Å². The van der Waals surface area contributed by atoms with Crippen molar-refractivity contribution in [3.05, 3.63) is 22.7 Å². The molecule has 3 nitrogen and oxygen atoms in total. The highest BCUT2D eigenvalue weighted by molar-refractivity contribution is 9.10. The molecule has 0 saturated carbocycles. The van der Waals surface area contributed by atoms with Crippen LogP contribution in [0.3, 0.4) is 0 Å². The Morgan fingerprint density at radius 3 is 2.58 bits per heavy atom. The van der Waals surface area contributed by atoms with Gasteiger partial charge in [0, 0.05) is 18.6 Å². The summed E-state index contributed by atoms with van der Waals surface area (Å²) in [5.41, 5.74) is 4.61. The predicted octanol–water partition coefficient (Wildman–Crippen LogP) is 1.80. The van der Waals surface area contributed by atoms with Gasteiger partial charge in [-0.3, -0.25) is 5.84 Å². The minimum absolute atomic E-state index is 0.905. The average Bonchev–Trinajstić information content (AvgIpc) is 2.05. The van der Waals surface area contributed by atoms with Crippen molar-refractivity contribution in [2.45, 2.75) is 0 Å². The van der Waals surface area contributed by atoms with Gasteiger partial charge in [-0.15, -0.1) is 0 Å². The van der Waals surface area contributed by atoms with Crippen LogP contribution in [0.15, 0.2) is 22.7 Å². The molecule has 3 N–H and O–H groups in total. The molecular weight excluding hydrogens is 218 g/mol. The molecule has 66 valence electrons. The zero-order chi connectivity index (χ0) is 9.14. The van der Waals surface area contributed by atoms with Crippen LogP contribution in [0.25, 0.3) is 0 Å². The van der Waals surface area contributed by atoms with E-state index in [4.69, 9.17) is 5.84 Å². The van der Waals surface area contributed by atoms with E-state index in [0.29, 0.717) is 0 Å². The minimum Gasteiger partial charge on any atom is -0.377 e. The summed E-state index contributed by atoms with van der Waals surface area (Å²) in [6, 6.07) is 5.85. The molecule has 0 spiro atoms. The standard InChI is InChI=1S/C8H12BrN3/c1-12(2)8-5-6(11-10)3-4-7(8)9/h3-5,11H,10H2,1-2H3. The zero-order valence-electron chi connectivity index (χ0n) is 7.13. The number of anilines is 2. The summed E-state index contributed by atoms with van der Waals surface area (Å²) in [6.45, 7) is 0. The third-order valence-electron chi connectivity index (χ3n) is 1.59. The molecule has 1 rings (SSSR count). The largest absolute Gasteiger partial charge is 0.377 e. The molecule has 0 radical (unpaired) electrons. The van der Waals surface area contributed by atoms with Gasteiger partial charge in [0.1, 0.15) is 0 Å². The number of benzene rings is 1. The minimum atomic E-state index is 0.905. The fourth-order valence-corrected chi connectivity index (χ4v) is 1.55. The van der Waals surface area contributed by atoms with Crippen molar-refractivity contribution in [2.75, 3.05) is 24.4 Å². The van der Waals surface area contributed by atoms with E-state index in [2.05, 4.69) is 21.4 Å². The average molecular weight is 230 g/mol. The van der Waals surface area contributed by atoms with Gasteiger partial charge in [0.15, 0.2) is 0 Å². The SMILES string of the molecule is CN(C)c1cc(NN)ccc1Br. The molecule has 0 unspecified atom stereocenters. The van der Waals surface area contributed by atoms with Crippen LogP contribution >= 0.6 is 15.9 Å². The number of halogens is 1. The second kappa shape index (κ2) is 3.78. The van der Waals surface area contributed by atoms with Crippen LogP contribution in [0.1, 0.15) is 0 Å². The summed E-state index contributed by atoms with van der Waals surface area (Å²) < 4.78 is 1.06. The molecule has 0 aliphatic heterocycles. The van der Waals surface area contributed by atoms with Crippen LogP contribution < -0.4 is 16.2 Å². The lowest BCUT2D eigenvalue weighted by molar-refractivity contribution is 1.12. The molecule has 0 bridgehead atoms. The Labute approximate surface area is 80.6 Å². The molecule has 0 aromatic heterocycles. The molecule has 0 atom stereocenters. The number of nitrogen functional groups attached to an aromatic ring is 1. The molecule has 1 aromatic rings. The maximum absolute atomic E-state index is 5.29. The Morgan fingerprint density at radius 2 is 2.08 bits per heavy atom. The lowest BCUT2D eigenvalue weighted by Crippen LogP contribution is -2.11. The van der Waals surface area contributed by atoms with Gasteiger partial charge in [-0.2, -0.15) is 0 Å². The van der Waals surface area contributed by atoms with Crippen LogP contribution in [0.4, 0.5) is 11.4 Å². The normalized spacial score (nSPS) is 9.67. The first-order chi connectivity index (χ1) is 5.65. The lowest BCUT2D eigenvalue weighted by Gasteiger charge is -2.15. The molecule has 0 heterocycles. The monoisotopic (exact) mass is 229 g/mol. The van der Waals surface area contributed by atoms with Crippen LogP contribution in [0.2, 0.25) is 0 Å². The molecule has 0 saturated heterocycles. The van der Waals surface area contributed by atoms with Crippen molar-refractivity contribution >= 4 is 27.3 Å². The van der Waals surface area contributed by atoms with Gasteiger partial charge in [-0.1, -0.05) is 0 Å². The van der Waals surface area contributed by atoms with E-state index in [9.17, 15) is 0 Å². The van der Waals surface area contributed by atoms with Crippen molar-refractivity contribution in [3.63, 3.8) is 0 Å². The van der Waals surface area contributed by atoms with E-state index >= 15 is 0 Å². The summed E-state index contributed by atoms with van der Waals surface area (Å²) >= 11 is 3.45. The van der Waals surface area contributed by atoms with Gasteiger partial charge >= 0.3 is 0 Å². The highest BCUT2D eigenvalue weighted by Crippen LogP contribution is 2.27. The number of nitrogens with zero attached hydrogens (tertiary/aromatic N) is 1. The Balaban J connectivity index is 3.08. The number of hydrogen-bond acceptors (Lipinski definition) is 3. The predicted molar refractivity (Wildman–Crippen MR) is 56.3 cm³/mol. The summed E-state index contributed by atoms with van der Waals surface area (Å²) in [6.07, 6.45) is 0. The fourth-order valence-electron chi connectivity index (χ4n) is 0.945. The van der Waals surface area contributed by atoms with Crippen molar-refractivity contribution in [1.29, 1.82) is 0 Å². The van der Waals surface area contributed by atoms with Gasteiger partial charge in [-0.25, -0.2) is 0 Å². The van der Waals surface area contributed by atoms with Gasteiger partial charge < -0.3 is 10.3 Å². The smallest absolute Gasteiger partial charge is 0.0526 e. The van der Waals surface area contributed by atoms with E-state index in [1.54, 1.807) is 0 Å². The molecule has 0 fully saturated rings. The van der Waals surface area contributed by atoms with Crippen molar-refractivity contribution in [1.82, 2.24) is 0 Å².